The monoisotopic (exact) mass is 367 g/mol. The zero-order valence-electron chi connectivity index (χ0n) is 15.8. The third-order valence-electron chi connectivity index (χ3n) is 5.81. The summed E-state index contributed by atoms with van der Waals surface area (Å²) in [6.45, 7) is 5.47. The third kappa shape index (κ3) is 2.81. The van der Waals surface area contributed by atoms with Crippen molar-refractivity contribution in [2.45, 2.75) is 51.1 Å². The van der Waals surface area contributed by atoms with Gasteiger partial charge in [0.05, 0.1) is 11.3 Å². The molecule has 1 spiro atoms. The Morgan fingerprint density at radius 3 is 2.59 bits per heavy atom. The molecular formula is C20H25N5O2. The van der Waals surface area contributed by atoms with Crippen molar-refractivity contribution in [2.75, 3.05) is 13.1 Å². The highest BCUT2D eigenvalue weighted by Crippen LogP contribution is 2.40. The molecule has 142 valence electrons. The number of hydrogen-bond acceptors (Lipinski definition) is 4. The van der Waals surface area contributed by atoms with Crippen LogP contribution in [-0.4, -0.2) is 61.0 Å². The van der Waals surface area contributed by atoms with Crippen LogP contribution in [0.3, 0.4) is 0 Å². The lowest BCUT2D eigenvalue weighted by molar-refractivity contribution is -0.147. The Kier molecular flexibility index (Phi) is 4.45. The minimum Gasteiger partial charge on any atom is -0.338 e. The van der Waals surface area contributed by atoms with Gasteiger partial charge in [-0.2, -0.15) is 5.10 Å². The molecular weight excluding hydrogens is 342 g/mol. The molecule has 0 aliphatic carbocycles. The second-order valence-electron chi connectivity index (χ2n) is 7.64. The average molecular weight is 367 g/mol. The topological polar surface area (TPSA) is 71.3 Å². The second-order valence-corrected chi connectivity index (χ2v) is 7.64. The van der Waals surface area contributed by atoms with Crippen molar-refractivity contribution in [1.82, 2.24) is 24.6 Å². The molecule has 0 N–H and O–H groups in total. The van der Waals surface area contributed by atoms with E-state index in [1.54, 1.807) is 17.1 Å². The molecule has 3 heterocycles. The molecule has 2 aliphatic rings. The van der Waals surface area contributed by atoms with Gasteiger partial charge in [-0.15, -0.1) is 0 Å². The first kappa shape index (κ1) is 17.7. The first-order valence-electron chi connectivity index (χ1n) is 9.62. The maximum Gasteiger partial charge on any atom is 0.256 e. The van der Waals surface area contributed by atoms with E-state index in [1.807, 2.05) is 41.8 Å². The highest BCUT2D eigenvalue weighted by atomic mass is 16.2. The molecule has 0 saturated carbocycles. The number of benzene rings is 1. The Labute approximate surface area is 159 Å². The Bertz CT molecular complexity index is 848. The number of rotatable bonds is 3. The van der Waals surface area contributed by atoms with Crippen LogP contribution in [0.5, 0.6) is 0 Å². The van der Waals surface area contributed by atoms with Crippen LogP contribution in [0.4, 0.5) is 0 Å². The van der Waals surface area contributed by atoms with Crippen LogP contribution in [0.25, 0.3) is 5.69 Å². The lowest BCUT2D eigenvalue weighted by Gasteiger charge is -2.46. The van der Waals surface area contributed by atoms with Crippen LogP contribution >= 0.6 is 0 Å². The van der Waals surface area contributed by atoms with Gasteiger partial charge in [-0.05, 0) is 51.7 Å². The van der Waals surface area contributed by atoms with Gasteiger partial charge in [0.1, 0.15) is 18.2 Å². The number of aromatic nitrogens is 3. The number of likely N-dealkylation sites (tertiary alicyclic amines) is 2. The van der Waals surface area contributed by atoms with Crippen molar-refractivity contribution in [3.8, 4) is 5.69 Å². The number of carbonyl (C=O) groups is 2. The summed E-state index contributed by atoms with van der Waals surface area (Å²) in [5, 5.41) is 4.17. The Hall–Kier alpha value is -2.70. The van der Waals surface area contributed by atoms with Crippen molar-refractivity contribution < 1.29 is 9.59 Å². The molecule has 2 aliphatic heterocycles. The summed E-state index contributed by atoms with van der Waals surface area (Å²) in [5.41, 5.74) is 0.541. The quantitative estimate of drug-likeness (QED) is 0.834. The summed E-state index contributed by atoms with van der Waals surface area (Å²) in [6.07, 6.45) is 6.30. The highest BCUT2D eigenvalue weighted by molar-refractivity contribution is 6.02. The van der Waals surface area contributed by atoms with Gasteiger partial charge in [0.2, 0.25) is 5.91 Å². The molecule has 0 radical (unpaired) electrons. The van der Waals surface area contributed by atoms with Gasteiger partial charge in [-0.25, -0.2) is 9.67 Å². The lowest BCUT2D eigenvalue weighted by atomic mass is 9.84. The normalized spacial score (nSPS) is 22.9. The summed E-state index contributed by atoms with van der Waals surface area (Å²) in [5.74, 6) is 0.00499. The standard InChI is InChI=1S/C20H25N5O2/c1-15(2)23-11-5-9-20(19(23)27)10-6-12-24(20)18(26)16-7-3-4-8-17(16)25-14-21-13-22-25/h3-4,7-8,13-15H,5-6,9-12H2,1-2H3. The molecule has 1 aromatic heterocycles. The van der Waals surface area contributed by atoms with Crippen molar-refractivity contribution in [2.24, 2.45) is 0 Å². The van der Waals surface area contributed by atoms with E-state index in [2.05, 4.69) is 10.1 Å². The number of carbonyl (C=O) groups excluding carboxylic acids is 2. The van der Waals surface area contributed by atoms with Crippen LogP contribution in [-0.2, 0) is 4.79 Å². The van der Waals surface area contributed by atoms with Gasteiger partial charge in [0.15, 0.2) is 0 Å². The van der Waals surface area contributed by atoms with Gasteiger partial charge < -0.3 is 9.80 Å². The number of piperidine rings is 1. The summed E-state index contributed by atoms with van der Waals surface area (Å²) in [7, 11) is 0. The van der Waals surface area contributed by atoms with Gasteiger partial charge in [0, 0.05) is 19.1 Å². The van der Waals surface area contributed by atoms with Crippen molar-refractivity contribution in [1.29, 1.82) is 0 Å². The molecule has 1 aromatic carbocycles. The minimum absolute atomic E-state index is 0.0995. The Balaban J connectivity index is 1.71. The zero-order chi connectivity index (χ0) is 19.0. The first-order chi connectivity index (χ1) is 13.0. The average Bonchev–Trinajstić information content (AvgIpc) is 3.34. The lowest BCUT2D eigenvalue weighted by Crippen LogP contribution is -2.62. The zero-order valence-corrected chi connectivity index (χ0v) is 15.8. The van der Waals surface area contributed by atoms with Crippen LogP contribution in [0.2, 0.25) is 0 Å². The maximum atomic E-state index is 13.6. The third-order valence-corrected chi connectivity index (χ3v) is 5.81. The van der Waals surface area contributed by atoms with Crippen molar-refractivity contribution in [3.05, 3.63) is 42.5 Å². The number of para-hydroxylation sites is 1. The van der Waals surface area contributed by atoms with E-state index in [9.17, 15) is 9.59 Å². The van der Waals surface area contributed by atoms with E-state index in [0.29, 0.717) is 17.8 Å². The Morgan fingerprint density at radius 1 is 1.15 bits per heavy atom. The largest absolute Gasteiger partial charge is 0.338 e. The number of amides is 2. The molecule has 2 amide bonds. The van der Waals surface area contributed by atoms with E-state index in [1.165, 1.54) is 6.33 Å². The van der Waals surface area contributed by atoms with Gasteiger partial charge in [-0.3, -0.25) is 9.59 Å². The fourth-order valence-corrected chi connectivity index (χ4v) is 4.50. The molecule has 2 saturated heterocycles. The van der Waals surface area contributed by atoms with Gasteiger partial charge in [-0.1, -0.05) is 12.1 Å². The molecule has 1 atom stereocenters. The van der Waals surface area contributed by atoms with E-state index in [0.717, 1.165) is 32.2 Å². The fourth-order valence-electron chi connectivity index (χ4n) is 4.50. The van der Waals surface area contributed by atoms with Crippen LogP contribution < -0.4 is 0 Å². The molecule has 7 nitrogen and oxygen atoms in total. The van der Waals surface area contributed by atoms with Gasteiger partial charge >= 0.3 is 0 Å². The van der Waals surface area contributed by atoms with E-state index in [-0.39, 0.29) is 17.9 Å². The summed E-state index contributed by atoms with van der Waals surface area (Å²) in [6, 6.07) is 7.53. The van der Waals surface area contributed by atoms with Crippen LogP contribution in [0.15, 0.2) is 36.9 Å². The van der Waals surface area contributed by atoms with E-state index >= 15 is 0 Å². The molecule has 2 fully saturated rings. The molecule has 2 aromatic rings. The van der Waals surface area contributed by atoms with Crippen molar-refractivity contribution >= 4 is 11.8 Å². The predicted octanol–water partition coefficient (Wildman–Crippen LogP) is 2.27. The molecule has 4 rings (SSSR count). The number of nitrogens with zero attached hydrogens (tertiary/aromatic N) is 5. The first-order valence-corrected chi connectivity index (χ1v) is 9.62. The fraction of sp³-hybridized carbons (Fsp3) is 0.500. The SMILES string of the molecule is CC(C)N1CCCC2(CCCN2C(=O)c2ccccc2-n2cncn2)C1=O. The molecule has 0 bridgehead atoms. The summed E-state index contributed by atoms with van der Waals surface area (Å²) in [4.78, 5) is 34.6. The predicted molar refractivity (Wildman–Crippen MR) is 100 cm³/mol. The molecule has 27 heavy (non-hydrogen) atoms. The second kappa shape index (κ2) is 6.79. The smallest absolute Gasteiger partial charge is 0.256 e. The molecule has 7 heteroatoms. The van der Waals surface area contributed by atoms with Crippen molar-refractivity contribution in [3.63, 3.8) is 0 Å². The highest BCUT2D eigenvalue weighted by Gasteiger charge is 2.53. The summed E-state index contributed by atoms with van der Waals surface area (Å²) < 4.78 is 1.60. The number of hydrogen-bond donors (Lipinski definition) is 0. The maximum absolute atomic E-state index is 13.6. The Morgan fingerprint density at radius 2 is 1.89 bits per heavy atom. The summed E-state index contributed by atoms with van der Waals surface area (Å²) >= 11 is 0. The minimum atomic E-state index is -0.699. The van der Waals surface area contributed by atoms with Crippen LogP contribution in [0, 0.1) is 0 Å². The van der Waals surface area contributed by atoms with Crippen LogP contribution in [0.1, 0.15) is 49.9 Å². The van der Waals surface area contributed by atoms with E-state index in [4.69, 9.17) is 0 Å². The molecule has 1 unspecified atom stereocenters. The van der Waals surface area contributed by atoms with Gasteiger partial charge in [0.25, 0.3) is 5.91 Å². The van der Waals surface area contributed by atoms with E-state index < -0.39 is 5.54 Å².